The number of ether oxygens (including phenoxy) is 2. The number of aryl methyl sites for hydroxylation is 1. The van der Waals surface area contributed by atoms with E-state index in [1.807, 2.05) is 29.7 Å². The number of aromatic nitrogens is 4. The molecule has 2 aliphatic rings. The Kier molecular flexibility index (Phi) is 5.02. The molecule has 1 unspecified atom stereocenters. The van der Waals surface area contributed by atoms with Gasteiger partial charge >= 0.3 is 0 Å². The van der Waals surface area contributed by atoms with Crippen molar-refractivity contribution in [3.63, 3.8) is 0 Å². The third kappa shape index (κ3) is 3.41. The maximum absolute atomic E-state index is 12.8. The van der Waals surface area contributed by atoms with Gasteiger partial charge in [-0.2, -0.15) is 4.98 Å². The molecule has 10 nitrogen and oxygen atoms in total. The molecule has 11 heteroatoms. The van der Waals surface area contributed by atoms with Crippen LogP contribution >= 0.6 is 0 Å². The third-order valence-corrected chi connectivity index (χ3v) is 8.53. The molecule has 0 aliphatic carbocycles. The fourth-order valence-electron chi connectivity index (χ4n) is 4.25. The predicted molar refractivity (Wildman–Crippen MR) is 126 cm³/mol. The van der Waals surface area contributed by atoms with Crippen molar-refractivity contribution in [3.05, 3.63) is 29.5 Å². The molecule has 0 radical (unpaired) electrons. The van der Waals surface area contributed by atoms with Crippen LogP contribution in [0.5, 0.6) is 5.75 Å². The minimum Gasteiger partial charge on any atom is -0.486 e. The fraction of sp³-hybridized carbons (Fsp3) is 0.500. The molecular formula is C22H28N6O4S. The number of sulfone groups is 1. The van der Waals surface area contributed by atoms with Gasteiger partial charge in [0, 0.05) is 19.8 Å². The van der Waals surface area contributed by atoms with Crippen molar-refractivity contribution in [3.8, 4) is 11.7 Å². The summed E-state index contributed by atoms with van der Waals surface area (Å²) in [6, 6.07) is 5.97. The maximum atomic E-state index is 12.8. The zero-order chi connectivity index (χ0) is 23.5. The van der Waals surface area contributed by atoms with Gasteiger partial charge in [-0.05, 0) is 38.5 Å². The molecule has 0 spiro atoms. The Morgan fingerprint density at radius 2 is 1.97 bits per heavy atom. The van der Waals surface area contributed by atoms with E-state index in [1.165, 1.54) is 6.26 Å². The molecule has 3 aromatic rings. The quantitative estimate of drug-likeness (QED) is 0.610. The van der Waals surface area contributed by atoms with Crippen molar-refractivity contribution in [1.82, 2.24) is 19.5 Å². The van der Waals surface area contributed by atoms with Gasteiger partial charge in [0.25, 0.3) is 0 Å². The molecule has 1 saturated heterocycles. The second kappa shape index (κ2) is 7.56. The topological polar surface area (TPSA) is 111 Å². The zero-order valence-electron chi connectivity index (χ0n) is 19.4. The summed E-state index contributed by atoms with van der Waals surface area (Å²) in [6.07, 6.45) is 1.22. The van der Waals surface area contributed by atoms with Crippen molar-refractivity contribution < 1.29 is 17.9 Å². The Hall–Kier alpha value is -2.92. The van der Waals surface area contributed by atoms with Crippen LogP contribution in [-0.2, 0) is 19.3 Å². The van der Waals surface area contributed by atoms with Crippen LogP contribution in [-0.4, -0.2) is 73.6 Å². The Balaban J connectivity index is 1.82. The monoisotopic (exact) mass is 472 g/mol. The van der Waals surface area contributed by atoms with Crippen LogP contribution in [0.25, 0.3) is 17.0 Å². The Morgan fingerprint density at radius 1 is 1.18 bits per heavy atom. The first-order chi connectivity index (χ1) is 15.6. The minimum absolute atomic E-state index is 0.00847. The van der Waals surface area contributed by atoms with Crippen molar-refractivity contribution in [1.29, 1.82) is 0 Å². The zero-order valence-corrected chi connectivity index (χ0v) is 20.2. The van der Waals surface area contributed by atoms with Crippen LogP contribution in [0.1, 0.15) is 25.1 Å². The van der Waals surface area contributed by atoms with Gasteiger partial charge in [-0.25, -0.2) is 23.0 Å². The molecule has 2 aliphatic heterocycles. The summed E-state index contributed by atoms with van der Waals surface area (Å²) in [5.74, 6) is 1.90. The Morgan fingerprint density at radius 3 is 2.70 bits per heavy atom. The second-order valence-corrected chi connectivity index (χ2v) is 11.6. The highest BCUT2D eigenvalue weighted by Gasteiger charge is 2.42. The molecule has 0 bridgehead atoms. The number of hydrogen-bond acceptors (Lipinski definition) is 9. The van der Waals surface area contributed by atoms with Crippen LogP contribution < -0.4 is 15.0 Å². The summed E-state index contributed by atoms with van der Waals surface area (Å²) in [7, 11) is -1.74. The lowest BCUT2D eigenvalue weighted by atomic mass is 10.1. The molecular weight excluding hydrogens is 444 g/mol. The summed E-state index contributed by atoms with van der Waals surface area (Å²) in [5, 5.41) is 3.12. The van der Waals surface area contributed by atoms with Crippen molar-refractivity contribution in [2.24, 2.45) is 0 Å². The number of imidazole rings is 1. The van der Waals surface area contributed by atoms with Crippen LogP contribution in [0.2, 0.25) is 0 Å². The molecule has 0 saturated carbocycles. The number of fused-ring (bicyclic) bond motifs is 4. The van der Waals surface area contributed by atoms with Crippen molar-refractivity contribution in [2.75, 3.05) is 49.9 Å². The van der Waals surface area contributed by atoms with Gasteiger partial charge in [-0.3, -0.25) is 0 Å². The highest BCUT2D eigenvalue weighted by molar-refractivity contribution is 7.91. The van der Waals surface area contributed by atoms with Gasteiger partial charge < -0.3 is 19.7 Å². The molecule has 2 aromatic heterocycles. The molecule has 1 N–H and O–H groups in total. The van der Waals surface area contributed by atoms with Crippen LogP contribution in [0.15, 0.2) is 18.2 Å². The number of anilines is 2. The van der Waals surface area contributed by atoms with E-state index in [9.17, 15) is 8.42 Å². The van der Waals surface area contributed by atoms with Gasteiger partial charge in [-0.1, -0.05) is 6.07 Å². The van der Waals surface area contributed by atoms with Gasteiger partial charge in [0.1, 0.15) is 17.0 Å². The average molecular weight is 473 g/mol. The van der Waals surface area contributed by atoms with Crippen LogP contribution in [0, 0.1) is 6.92 Å². The summed E-state index contributed by atoms with van der Waals surface area (Å²) >= 11 is 0. The highest BCUT2D eigenvalue weighted by atomic mass is 32.2. The van der Waals surface area contributed by atoms with Gasteiger partial charge in [-0.15, -0.1) is 0 Å². The van der Waals surface area contributed by atoms with Crippen LogP contribution in [0.4, 0.5) is 11.8 Å². The standard InChI is InChI=1S/C22H28N6O4S/c1-13-6-7-16-15(10-13)24-20(23-4)28(16)21-25-18(22(2,3)33(5,29)30)17-19(26-21)27-8-9-31-11-14(27)12-32-17/h6-7,10,14H,8-9,11-12H2,1-5H3,(H,23,24). The molecule has 0 amide bonds. The minimum atomic E-state index is -3.52. The lowest BCUT2D eigenvalue weighted by Gasteiger charge is -2.41. The van der Waals surface area contributed by atoms with E-state index in [-0.39, 0.29) is 6.04 Å². The van der Waals surface area contributed by atoms with Crippen molar-refractivity contribution >= 4 is 32.6 Å². The maximum Gasteiger partial charge on any atom is 0.239 e. The second-order valence-electron chi connectivity index (χ2n) is 9.05. The van der Waals surface area contributed by atoms with Gasteiger partial charge in [0.05, 0.1) is 30.3 Å². The first kappa shape index (κ1) is 21.9. The largest absolute Gasteiger partial charge is 0.486 e. The molecule has 4 heterocycles. The first-order valence-electron chi connectivity index (χ1n) is 10.9. The smallest absolute Gasteiger partial charge is 0.239 e. The molecule has 5 rings (SSSR count). The van der Waals surface area contributed by atoms with E-state index in [2.05, 4.69) is 10.2 Å². The van der Waals surface area contributed by atoms with E-state index in [0.717, 1.165) is 16.6 Å². The normalized spacial score (nSPS) is 18.6. The van der Waals surface area contributed by atoms with Gasteiger partial charge in [0.15, 0.2) is 21.4 Å². The lowest BCUT2D eigenvalue weighted by molar-refractivity contribution is 0.0691. The first-order valence-corrected chi connectivity index (χ1v) is 12.8. The van der Waals surface area contributed by atoms with E-state index in [1.54, 1.807) is 20.9 Å². The molecule has 33 heavy (non-hydrogen) atoms. The summed E-state index contributed by atoms with van der Waals surface area (Å²) < 4.78 is 37.9. The number of rotatable bonds is 4. The number of nitrogens with one attached hydrogen (secondary N) is 1. The third-order valence-electron chi connectivity index (χ3n) is 6.49. The van der Waals surface area contributed by atoms with Gasteiger partial charge in [0.2, 0.25) is 11.9 Å². The van der Waals surface area contributed by atoms with E-state index in [4.69, 9.17) is 24.4 Å². The number of hydrogen-bond donors (Lipinski definition) is 1. The number of nitrogens with zero attached hydrogens (tertiary/aromatic N) is 5. The number of benzene rings is 1. The predicted octanol–water partition coefficient (Wildman–Crippen LogP) is 2.04. The summed E-state index contributed by atoms with van der Waals surface area (Å²) in [5.41, 5.74) is 3.05. The molecule has 1 aromatic carbocycles. The summed E-state index contributed by atoms with van der Waals surface area (Å²) in [4.78, 5) is 16.5. The molecule has 1 fully saturated rings. The van der Waals surface area contributed by atoms with E-state index in [0.29, 0.717) is 55.5 Å². The fourth-order valence-corrected chi connectivity index (χ4v) is 4.74. The summed E-state index contributed by atoms with van der Waals surface area (Å²) in [6.45, 7) is 7.43. The average Bonchev–Trinajstić information content (AvgIpc) is 3.15. The Labute approximate surface area is 192 Å². The van der Waals surface area contributed by atoms with E-state index < -0.39 is 14.6 Å². The lowest BCUT2D eigenvalue weighted by Crippen LogP contribution is -2.52. The SMILES string of the molecule is CNc1nc2cc(C)ccc2n1-c1nc2c(c(C(C)(C)S(C)(=O)=O)n1)OCC1COCCN21. The van der Waals surface area contributed by atoms with E-state index >= 15 is 0 Å². The highest BCUT2D eigenvalue weighted by Crippen LogP contribution is 2.43. The van der Waals surface area contributed by atoms with Crippen LogP contribution in [0.3, 0.4) is 0 Å². The molecule has 1 atom stereocenters. The Bertz CT molecular complexity index is 1350. The van der Waals surface area contributed by atoms with Crippen molar-refractivity contribution in [2.45, 2.75) is 31.6 Å². The molecule has 176 valence electrons. The number of morpholine rings is 1.